The van der Waals surface area contributed by atoms with Crippen LogP contribution in [-0.2, 0) is 19.6 Å². The summed E-state index contributed by atoms with van der Waals surface area (Å²) in [7, 11) is -1.65. The molecule has 10 heteroatoms. The number of amides is 2. The number of carbonyl (C=O) groups is 2. The summed E-state index contributed by atoms with van der Waals surface area (Å²) in [4.78, 5) is 30.3. The highest BCUT2D eigenvalue weighted by molar-refractivity contribution is 8.01. The van der Waals surface area contributed by atoms with Gasteiger partial charge in [-0.05, 0) is 44.0 Å². The normalized spacial score (nSPS) is 24.4. The Morgan fingerprint density at radius 1 is 1.10 bits per heavy atom. The summed E-state index contributed by atoms with van der Waals surface area (Å²) >= 11 is 1.20. The van der Waals surface area contributed by atoms with Crippen molar-refractivity contribution in [2.24, 2.45) is 5.92 Å². The van der Waals surface area contributed by atoms with Gasteiger partial charge in [-0.3, -0.25) is 9.59 Å². The first kappa shape index (κ1) is 21.6. The smallest absolute Gasteiger partial charge is 0.247 e. The number of carbonyl (C=O) groups excluding carboxylic acids is 2. The van der Waals surface area contributed by atoms with Crippen LogP contribution in [0, 0.1) is 5.92 Å². The van der Waals surface area contributed by atoms with Gasteiger partial charge in [0.25, 0.3) is 0 Å². The number of nitrogens with zero attached hydrogens (tertiary/aromatic N) is 3. The molecular weight excluding hydrogens is 424 g/mol. The molecule has 3 aliphatic rings. The van der Waals surface area contributed by atoms with Crippen LogP contribution in [0.25, 0.3) is 0 Å². The molecule has 1 aromatic carbocycles. The van der Waals surface area contributed by atoms with E-state index in [1.165, 1.54) is 22.1 Å². The van der Waals surface area contributed by atoms with Crippen LogP contribution in [0.3, 0.4) is 0 Å². The second-order valence-corrected chi connectivity index (χ2v) is 11.4. The average molecular weight is 453 g/mol. The molecular formula is C20H28N4O4S2. The standard InChI is InChI=1S/C20H28N4O4S2/c1-14-5-7-23(8-6-14)20(26)18-19(25)21-16-13-15(3-4-17(16)29-18)30(27,28)24-11-9-22(2)10-12-24/h3-4,13-14,18H,5-12H2,1-2H3,(H,21,25)/t18-/m1/s1. The van der Waals surface area contributed by atoms with Gasteiger partial charge in [-0.25, -0.2) is 8.42 Å². The van der Waals surface area contributed by atoms with Gasteiger partial charge in [0.15, 0.2) is 5.25 Å². The maximum absolute atomic E-state index is 13.0. The minimum absolute atomic E-state index is 0.163. The Labute approximate surface area is 182 Å². The molecule has 1 N–H and O–H groups in total. The molecule has 2 saturated heterocycles. The monoisotopic (exact) mass is 452 g/mol. The Morgan fingerprint density at radius 2 is 1.77 bits per heavy atom. The molecule has 0 aliphatic carbocycles. The van der Waals surface area contributed by atoms with Crippen molar-refractivity contribution in [3.05, 3.63) is 18.2 Å². The Bertz CT molecular complexity index is 936. The highest BCUT2D eigenvalue weighted by atomic mass is 32.2. The predicted molar refractivity (Wildman–Crippen MR) is 116 cm³/mol. The van der Waals surface area contributed by atoms with E-state index in [0.29, 0.717) is 50.9 Å². The van der Waals surface area contributed by atoms with E-state index in [2.05, 4.69) is 17.1 Å². The summed E-state index contributed by atoms with van der Waals surface area (Å²) in [5, 5.41) is 1.93. The minimum atomic E-state index is -3.62. The van der Waals surface area contributed by atoms with Crippen LogP contribution in [0.2, 0.25) is 0 Å². The van der Waals surface area contributed by atoms with E-state index in [0.717, 1.165) is 17.7 Å². The molecule has 0 bridgehead atoms. The maximum Gasteiger partial charge on any atom is 0.247 e. The van der Waals surface area contributed by atoms with Crippen molar-refractivity contribution in [2.75, 3.05) is 51.6 Å². The fourth-order valence-corrected chi connectivity index (χ4v) is 6.49. The zero-order valence-corrected chi connectivity index (χ0v) is 19.0. The number of fused-ring (bicyclic) bond motifs is 1. The van der Waals surface area contributed by atoms with Crippen LogP contribution in [-0.4, -0.2) is 85.9 Å². The topological polar surface area (TPSA) is 90.0 Å². The first-order valence-corrected chi connectivity index (χ1v) is 12.7. The molecule has 0 saturated carbocycles. The molecule has 0 spiro atoms. The molecule has 164 valence electrons. The van der Waals surface area contributed by atoms with E-state index >= 15 is 0 Å². The van der Waals surface area contributed by atoms with E-state index < -0.39 is 15.3 Å². The van der Waals surface area contributed by atoms with Crippen LogP contribution < -0.4 is 5.32 Å². The van der Waals surface area contributed by atoms with E-state index in [1.807, 2.05) is 7.05 Å². The summed E-state index contributed by atoms with van der Waals surface area (Å²) in [6, 6.07) is 4.78. The number of piperidine rings is 1. The maximum atomic E-state index is 13.0. The van der Waals surface area contributed by atoms with Crippen molar-refractivity contribution in [3.8, 4) is 0 Å². The Hall–Kier alpha value is -1.62. The number of hydrogen-bond acceptors (Lipinski definition) is 6. The van der Waals surface area contributed by atoms with Crippen molar-refractivity contribution in [1.29, 1.82) is 0 Å². The van der Waals surface area contributed by atoms with E-state index in [4.69, 9.17) is 0 Å². The fraction of sp³-hybridized carbons (Fsp3) is 0.600. The molecule has 1 aromatic rings. The molecule has 0 unspecified atom stereocenters. The van der Waals surface area contributed by atoms with Crippen LogP contribution >= 0.6 is 11.8 Å². The van der Waals surface area contributed by atoms with Gasteiger partial charge in [0, 0.05) is 44.2 Å². The summed E-state index contributed by atoms with van der Waals surface area (Å²) < 4.78 is 27.5. The average Bonchev–Trinajstić information content (AvgIpc) is 2.73. The number of sulfonamides is 1. The summed E-state index contributed by atoms with van der Waals surface area (Å²) in [5.41, 5.74) is 0.455. The number of likely N-dealkylation sites (tertiary alicyclic amines) is 1. The van der Waals surface area contributed by atoms with Gasteiger partial charge in [0.2, 0.25) is 21.8 Å². The second kappa shape index (κ2) is 8.49. The highest BCUT2D eigenvalue weighted by Gasteiger charge is 2.37. The Kier molecular flexibility index (Phi) is 6.11. The first-order valence-electron chi connectivity index (χ1n) is 10.3. The van der Waals surface area contributed by atoms with E-state index in [-0.39, 0.29) is 16.7 Å². The third kappa shape index (κ3) is 4.23. The SMILES string of the molecule is CC1CCN(C(=O)[C@@H]2Sc3ccc(S(=O)(=O)N4CCN(C)CC4)cc3NC2=O)CC1. The second-order valence-electron chi connectivity index (χ2n) is 8.36. The Balaban J connectivity index is 1.50. The number of anilines is 1. The Morgan fingerprint density at radius 3 is 2.43 bits per heavy atom. The summed E-state index contributed by atoms with van der Waals surface area (Å²) in [5.74, 6) is 0.0535. The van der Waals surface area contributed by atoms with Gasteiger partial charge in [-0.1, -0.05) is 6.92 Å². The van der Waals surface area contributed by atoms with Gasteiger partial charge >= 0.3 is 0 Å². The van der Waals surface area contributed by atoms with Crippen molar-refractivity contribution in [3.63, 3.8) is 0 Å². The number of piperazine rings is 1. The first-order chi connectivity index (χ1) is 14.3. The summed E-state index contributed by atoms with van der Waals surface area (Å²) in [6.07, 6.45) is 1.91. The molecule has 4 rings (SSSR count). The van der Waals surface area contributed by atoms with Crippen molar-refractivity contribution in [2.45, 2.75) is 34.8 Å². The minimum Gasteiger partial charge on any atom is -0.341 e. The molecule has 8 nitrogen and oxygen atoms in total. The van der Waals surface area contributed by atoms with E-state index in [1.54, 1.807) is 17.0 Å². The molecule has 2 amide bonds. The van der Waals surface area contributed by atoms with Crippen LogP contribution in [0.1, 0.15) is 19.8 Å². The zero-order chi connectivity index (χ0) is 21.5. The number of hydrogen-bond donors (Lipinski definition) is 1. The largest absolute Gasteiger partial charge is 0.341 e. The molecule has 3 heterocycles. The molecule has 0 radical (unpaired) electrons. The molecule has 3 aliphatic heterocycles. The lowest BCUT2D eigenvalue weighted by molar-refractivity contribution is -0.135. The predicted octanol–water partition coefficient (Wildman–Crippen LogP) is 1.29. The van der Waals surface area contributed by atoms with Crippen molar-refractivity contribution in [1.82, 2.24) is 14.1 Å². The highest BCUT2D eigenvalue weighted by Crippen LogP contribution is 2.38. The molecule has 30 heavy (non-hydrogen) atoms. The number of thioether (sulfide) groups is 1. The van der Waals surface area contributed by atoms with Crippen LogP contribution in [0.5, 0.6) is 0 Å². The van der Waals surface area contributed by atoms with Crippen LogP contribution in [0.15, 0.2) is 28.0 Å². The number of rotatable bonds is 3. The third-order valence-corrected chi connectivity index (χ3v) is 9.27. The lowest BCUT2D eigenvalue weighted by Crippen LogP contribution is -2.47. The van der Waals surface area contributed by atoms with Gasteiger partial charge in [-0.15, -0.1) is 11.8 Å². The third-order valence-electron chi connectivity index (χ3n) is 6.11. The summed E-state index contributed by atoms with van der Waals surface area (Å²) in [6.45, 7) is 5.81. The van der Waals surface area contributed by atoms with Crippen LogP contribution in [0.4, 0.5) is 5.69 Å². The molecule has 1 atom stereocenters. The van der Waals surface area contributed by atoms with Crippen molar-refractivity contribution < 1.29 is 18.0 Å². The lowest BCUT2D eigenvalue weighted by Gasteiger charge is -2.34. The van der Waals surface area contributed by atoms with Gasteiger partial charge < -0.3 is 15.1 Å². The van der Waals surface area contributed by atoms with Crippen molar-refractivity contribution >= 4 is 39.3 Å². The van der Waals surface area contributed by atoms with Gasteiger partial charge in [0.05, 0.1) is 10.6 Å². The zero-order valence-electron chi connectivity index (χ0n) is 17.3. The number of benzene rings is 1. The lowest BCUT2D eigenvalue weighted by atomic mass is 9.99. The number of nitrogens with one attached hydrogen (secondary N) is 1. The van der Waals surface area contributed by atoms with Gasteiger partial charge in [-0.2, -0.15) is 4.31 Å². The quantitative estimate of drug-likeness (QED) is 0.696. The fourth-order valence-electron chi connectivity index (χ4n) is 3.98. The number of likely N-dealkylation sites (N-methyl/N-ethyl adjacent to an activating group) is 1. The van der Waals surface area contributed by atoms with Gasteiger partial charge in [0.1, 0.15) is 0 Å². The molecule has 0 aromatic heterocycles. The molecule has 2 fully saturated rings. The van der Waals surface area contributed by atoms with E-state index in [9.17, 15) is 18.0 Å².